The van der Waals surface area contributed by atoms with E-state index in [9.17, 15) is 0 Å². The maximum atomic E-state index is 4.48. The summed E-state index contributed by atoms with van der Waals surface area (Å²) in [6.45, 7) is 6.11. The zero-order chi connectivity index (χ0) is 14.1. The lowest BCUT2D eigenvalue weighted by molar-refractivity contribution is 0.823. The molecule has 1 N–H and O–H groups in total. The molecule has 0 spiro atoms. The van der Waals surface area contributed by atoms with E-state index in [0.29, 0.717) is 0 Å². The van der Waals surface area contributed by atoms with Gasteiger partial charge in [0.25, 0.3) is 0 Å². The summed E-state index contributed by atoms with van der Waals surface area (Å²) in [5.74, 6) is 1.57. The summed E-state index contributed by atoms with van der Waals surface area (Å²) < 4.78 is 1.73. The number of hydrogen-bond donors (Lipinski definition) is 1. The van der Waals surface area contributed by atoms with Crippen LogP contribution in [0.4, 0.5) is 5.82 Å². The van der Waals surface area contributed by atoms with Crippen molar-refractivity contribution >= 4 is 22.8 Å². The van der Waals surface area contributed by atoms with Crippen LogP contribution in [0.1, 0.15) is 35.6 Å². The molecule has 104 valence electrons. The SMILES string of the molecule is CCc1cnc(C(C)Nc2ccc3nnc(C)n3n2)s1. The topological polar surface area (TPSA) is 68.0 Å². The minimum Gasteiger partial charge on any atom is -0.360 e. The van der Waals surface area contributed by atoms with E-state index < -0.39 is 0 Å². The van der Waals surface area contributed by atoms with Gasteiger partial charge in [0.15, 0.2) is 11.5 Å². The van der Waals surface area contributed by atoms with Gasteiger partial charge in [0.1, 0.15) is 10.8 Å². The molecule has 0 aromatic carbocycles. The molecule has 6 nitrogen and oxygen atoms in total. The number of nitrogens with one attached hydrogen (secondary N) is 1. The Morgan fingerprint density at radius 2 is 2.20 bits per heavy atom. The minimum absolute atomic E-state index is 0.127. The summed E-state index contributed by atoms with van der Waals surface area (Å²) in [4.78, 5) is 5.75. The summed E-state index contributed by atoms with van der Waals surface area (Å²) in [5.41, 5.74) is 0.753. The predicted molar refractivity (Wildman–Crippen MR) is 79.0 cm³/mol. The van der Waals surface area contributed by atoms with E-state index >= 15 is 0 Å². The lowest BCUT2D eigenvalue weighted by Crippen LogP contribution is -2.09. The summed E-state index contributed by atoms with van der Waals surface area (Å²) in [5, 5.41) is 16.9. The Balaban J connectivity index is 1.82. The van der Waals surface area contributed by atoms with Crippen molar-refractivity contribution < 1.29 is 0 Å². The Morgan fingerprint density at radius 1 is 1.35 bits per heavy atom. The number of thiazole rings is 1. The van der Waals surface area contributed by atoms with Crippen LogP contribution in [0.5, 0.6) is 0 Å². The fourth-order valence-electron chi connectivity index (χ4n) is 1.94. The van der Waals surface area contributed by atoms with E-state index in [1.54, 1.807) is 15.9 Å². The lowest BCUT2D eigenvalue weighted by atomic mass is 10.3. The van der Waals surface area contributed by atoms with Crippen molar-refractivity contribution in [1.82, 2.24) is 24.8 Å². The van der Waals surface area contributed by atoms with Crippen molar-refractivity contribution in [3.8, 4) is 0 Å². The summed E-state index contributed by atoms with van der Waals surface area (Å²) >= 11 is 1.74. The summed E-state index contributed by atoms with van der Waals surface area (Å²) in [6.07, 6.45) is 2.97. The van der Waals surface area contributed by atoms with Gasteiger partial charge in [-0.1, -0.05) is 6.92 Å². The van der Waals surface area contributed by atoms with Crippen LogP contribution < -0.4 is 5.32 Å². The van der Waals surface area contributed by atoms with Gasteiger partial charge in [-0.3, -0.25) is 0 Å². The van der Waals surface area contributed by atoms with Gasteiger partial charge in [-0.2, -0.15) is 4.52 Å². The second kappa shape index (κ2) is 5.16. The summed E-state index contributed by atoms with van der Waals surface area (Å²) in [6, 6.07) is 3.94. The number of aryl methyl sites for hydroxylation is 2. The quantitative estimate of drug-likeness (QED) is 0.799. The van der Waals surface area contributed by atoms with Crippen molar-refractivity contribution in [2.45, 2.75) is 33.2 Å². The van der Waals surface area contributed by atoms with E-state index in [1.165, 1.54) is 4.88 Å². The monoisotopic (exact) mass is 288 g/mol. The van der Waals surface area contributed by atoms with Crippen LogP contribution in [-0.4, -0.2) is 24.8 Å². The van der Waals surface area contributed by atoms with Gasteiger partial charge in [-0.25, -0.2) is 4.98 Å². The van der Waals surface area contributed by atoms with Crippen LogP contribution >= 0.6 is 11.3 Å². The highest BCUT2D eigenvalue weighted by Gasteiger charge is 2.11. The molecule has 0 radical (unpaired) electrons. The standard InChI is InChI=1S/C13H16N6S/c1-4-10-7-14-13(20-10)8(2)15-11-5-6-12-17-16-9(3)19(12)18-11/h5-8H,4H2,1-3H3,(H,15,18). The number of hydrogen-bond acceptors (Lipinski definition) is 6. The molecule has 7 heteroatoms. The van der Waals surface area contributed by atoms with Crippen LogP contribution in [0.15, 0.2) is 18.3 Å². The zero-order valence-electron chi connectivity index (χ0n) is 11.7. The molecule has 3 rings (SSSR count). The molecule has 0 amide bonds. The fourth-order valence-corrected chi connectivity index (χ4v) is 2.80. The first-order chi connectivity index (χ1) is 9.67. The Bertz CT molecular complexity index is 731. The second-order valence-electron chi connectivity index (χ2n) is 4.62. The van der Waals surface area contributed by atoms with Gasteiger partial charge in [0.05, 0.1) is 6.04 Å². The highest BCUT2D eigenvalue weighted by atomic mass is 32.1. The number of nitrogens with zero attached hydrogens (tertiary/aromatic N) is 5. The maximum absolute atomic E-state index is 4.48. The molecule has 3 heterocycles. The molecule has 0 saturated carbocycles. The fraction of sp³-hybridized carbons (Fsp3) is 0.385. The Labute approximate surface area is 120 Å². The molecular weight excluding hydrogens is 272 g/mol. The third-order valence-corrected chi connectivity index (χ3v) is 4.40. The normalized spacial score (nSPS) is 12.8. The predicted octanol–water partition coefficient (Wildman–Crippen LogP) is 2.62. The number of anilines is 1. The number of fused-ring (bicyclic) bond motifs is 1. The van der Waals surface area contributed by atoms with Crippen LogP contribution in [0.3, 0.4) is 0 Å². The highest BCUT2D eigenvalue weighted by Crippen LogP contribution is 2.23. The van der Waals surface area contributed by atoms with Gasteiger partial charge < -0.3 is 5.32 Å². The molecule has 3 aromatic heterocycles. The van der Waals surface area contributed by atoms with Crippen molar-refractivity contribution in [2.75, 3.05) is 5.32 Å². The Hall–Kier alpha value is -2.02. The molecule has 0 saturated heterocycles. The van der Waals surface area contributed by atoms with E-state index in [1.807, 2.05) is 25.3 Å². The third-order valence-electron chi connectivity index (χ3n) is 3.07. The molecular formula is C13H16N6S. The van der Waals surface area contributed by atoms with Crippen LogP contribution in [0, 0.1) is 6.92 Å². The van der Waals surface area contributed by atoms with E-state index in [0.717, 1.165) is 28.7 Å². The molecule has 0 aliphatic rings. The highest BCUT2D eigenvalue weighted by molar-refractivity contribution is 7.11. The van der Waals surface area contributed by atoms with Gasteiger partial charge in [0, 0.05) is 11.1 Å². The van der Waals surface area contributed by atoms with Crippen molar-refractivity contribution in [3.05, 3.63) is 34.0 Å². The molecule has 20 heavy (non-hydrogen) atoms. The smallest absolute Gasteiger partial charge is 0.178 e. The Morgan fingerprint density at radius 3 is 2.95 bits per heavy atom. The first-order valence-corrected chi connectivity index (χ1v) is 7.39. The molecule has 0 aliphatic heterocycles. The van der Waals surface area contributed by atoms with Gasteiger partial charge in [0.2, 0.25) is 0 Å². The van der Waals surface area contributed by atoms with E-state index in [4.69, 9.17) is 0 Å². The van der Waals surface area contributed by atoms with Gasteiger partial charge in [-0.15, -0.1) is 26.6 Å². The van der Waals surface area contributed by atoms with Gasteiger partial charge in [-0.05, 0) is 32.4 Å². The minimum atomic E-state index is 0.127. The maximum Gasteiger partial charge on any atom is 0.178 e. The second-order valence-corrected chi connectivity index (χ2v) is 5.77. The average molecular weight is 288 g/mol. The van der Waals surface area contributed by atoms with Crippen LogP contribution in [0.25, 0.3) is 5.65 Å². The zero-order valence-corrected chi connectivity index (χ0v) is 12.5. The average Bonchev–Trinajstić information content (AvgIpc) is 3.06. The Kier molecular flexibility index (Phi) is 3.35. The molecule has 0 bridgehead atoms. The van der Waals surface area contributed by atoms with Crippen molar-refractivity contribution in [1.29, 1.82) is 0 Å². The van der Waals surface area contributed by atoms with Crippen LogP contribution in [-0.2, 0) is 6.42 Å². The molecule has 1 atom stereocenters. The lowest BCUT2D eigenvalue weighted by Gasteiger charge is -2.11. The number of aromatic nitrogens is 5. The molecule has 1 unspecified atom stereocenters. The van der Waals surface area contributed by atoms with Gasteiger partial charge >= 0.3 is 0 Å². The van der Waals surface area contributed by atoms with Crippen molar-refractivity contribution in [3.63, 3.8) is 0 Å². The van der Waals surface area contributed by atoms with Crippen molar-refractivity contribution in [2.24, 2.45) is 0 Å². The van der Waals surface area contributed by atoms with Crippen LogP contribution in [0.2, 0.25) is 0 Å². The molecule has 0 fully saturated rings. The largest absolute Gasteiger partial charge is 0.360 e. The molecule has 0 aliphatic carbocycles. The third kappa shape index (κ3) is 2.36. The first-order valence-electron chi connectivity index (χ1n) is 6.57. The van der Waals surface area contributed by atoms with E-state index in [2.05, 4.69) is 39.4 Å². The summed E-state index contributed by atoms with van der Waals surface area (Å²) in [7, 11) is 0. The first kappa shape index (κ1) is 13.0. The van der Waals surface area contributed by atoms with E-state index in [-0.39, 0.29) is 6.04 Å². The molecule has 3 aromatic rings. The number of rotatable bonds is 4.